The van der Waals surface area contributed by atoms with Crippen molar-refractivity contribution in [1.82, 2.24) is 9.80 Å². The van der Waals surface area contributed by atoms with Crippen LogP contribution in [0.4, 0.5) is 0 Å². The molecule has 0 bridgehead atoms. The van der Waals surface area contributed by atoms with E-state index in [2.05, 4.69) is 30.7 Å². The summed E-state index contributed by atoms with van der Waals surface area (Å²) in [6.45, 7) is 7.09. The summed E-state index contributed by atoms with van der Waals surface area (Å²) in [7, 11) is 2.18. The molecule has 0 radical (unpaired) electrons. The maximum Gasteiger partial charge on any atom is 0.0472 e. The molecule has 1 aliphatic heterocycles. The van der Waals surface area contributed by atoms with Gasteiger partial charge in [-0.2, -0.15) is 0 Å². The van der Waals surface area contributed by atoms with Gasteiger partial charge in [-0.15, -0.1) is 0 Å². The number of rotatable bonds is 3. The molecule has 2 N–H and O–H groups in total. The van der Waals surface area contributed by atoms with Gasteiger partial charge in [0.25, 0.3) is 0 Å². The third-order valence-electron chi connectivity index (χ3n) is 4.32. The van der Waals surface area contributed by atoms with Crippen LogP contribution < -0.4 is 5.73 Å². The van der Waals surface area contributed by atoms with Crippen LogP contribution >= 0.6 is 23.2 Å². The van der Waals surface area contributed by atoms with Gasteiger partial charge in [0.2, 0.25) is 0 Å². The van der Waals surface area contributed by atoms with E-state index in [-0.39, 0.29) is 6.04 Å². The highest BCUT2D eigenvalue weighted by molar-refractivity contribution is 6.34. The fraction of sp³-hybridized carbons (Fsp3) is 0.600. The Hall–Kier alpha value is -0.320. The molecule has 3 atom stereocenters. The van der Waals surface area contributed by atoms with Crippen molar-refractivity contribution >= 4 is 23.2 Å². The lowest BCUT2D eigenvalue weighted by atomic mass is 10.0. The Morgan fingerprint density at radius 3 is 2.10 bits per heavy atom. The molecule has 3 unspecified atom stereocenters. The Kier molecular flexibility index (Phi) is 5.32. The van der Waals surface area contributed by atoms with Crippen LogP contribution in [0.3, 0.4) is 0 Å². The minimum Gasteiger partial charge on any atom is -0.329 e. The van der Waals surface area contributed by atoms with E-state index in [1.54, 1.807) is 6.07 Å². The van der Waals surface area contributed by atoms with Crippen molar-refractivity contribution in [2.24, 2.45) is 5.73 Å². The fourth-order valence-corrected chi connectivity index (χ4v) is 3.51. The van der Waals surface area contributed by atoms with Gasteiger partial charge in [0.15, 0.2) is 0 Å². The fourth-order valence-electron chi connectivity index (χ4n) is 2.96. The number of nitrogens with two attached hydrogens (primary N) is 1. The highest BCUT2D eigenvalue weighted by Gasteiger charge is 2.31. The first-order valence-corrected chi connectivity index (χ1v) is 7.80. The molecule has 0 aromatic heterocycles. The second-order valence-electron chi connectivity index (χ2n) is 5.77. The van der Waals surface area contributed by atoms with Crippen molar-refractivity contribution in [3.05, 3.63) is 33.8 Å². The summed E-state index contributed by atoms with van der Waals surface area (Å²) in [5, 5.41) is 1.34. The standard InChI is InChI=1S/C15H23Cl2N3/c1-10-8-20(9-11(2)19(10)3)15(7-18)12-4-13(16)6-14(17)5-12/h4-6,10-11,15H,7-9,18H2,1-3H3. The maximum atomic E-state index is 6.12. The molecular weight excluding hydrogens is 293 g/mol. The molecule has 2 rings (SSSR count). The van der Waals surface area contributed by atoms with Crippen molar-refractivity contribution in [1.29, 1.82) is 0 Å². The molecule has 1 saturated heterocycles. The van der Waals surface area contributed by atoms with Crippen molar-refractivity contribution in [3.8, 4) is 0 Å². The Morgan fingerprint density at radius 1 is 1.15 bits per heavy atom. The largest absolute Gasteiger partial charge is 0.329 e. The smallest absolute Gasteiger partial charge is 0.0472 e. The highest BCUT2D eigenvalue weighted by Crippen LogP contribution is 2.29. The Bertz CT molecular complexity index is 434. The zero-order valence-electron chi connectivity index (χ0n) is 12.3. The van der Waals surface area contributed by atoms with Crippen LogP contribution in [0.2, 0.25) is 10.0 Å². The molecule has 0 amide bonds. The average molecular weight is 316 g/mol. The summed E-state index contributed by atoms with van der Waals surface area (Å²) in [6.07, 6.45) is 0. The number of piperazine rings is 1. The predicted molar refractivity (Wildman–Crippen MR) is 86.5 cm³/mol. The van der Waals surface area contributed by atoms with Crippen LogP contribution in [-0.4, -0.2) is 48.6 Å². The monoisotopic (exact) mass is 315 g/mol. The van der Waals surface area contributed by atoms with Crippen molar-refractivity contribution in [2.45, 2.75) is 32.0 Å². The van der Waals surface area contributed by atoms with Crippen LogP contribution in [0.5, 0.6) is 0 Å². The van der Waals surface area contributed by atoms with E-state index in [0.29, 0.717) is 28.7 Å². The van der Waals surface area contributed by atoms with Crippen LogP contribution in [0.15, 0.2) is 18.2 Å². The summed E-state index contributed by atoms with van der Waals surface area (Å²) in [6, 6.07) is 6.90. The molecule has 0 aliphatic carbocycles. The highest BCUT2D eigenvalue weighted by atomic mass is 35.5. The molecular formula is C15H23Cl2N3. The molecule has 3 nitrogen and oxygen atoms in total. The first-order valence-electron chi connectivity index (χ1n) is 7.04. The number of hydrogen-bond acceptors (Lipinski definition) is 3. The van der Waals surface area contributed by atoms with Gasteiger partial charge in [-0.3, -0.25) is 9.80 Å². The van der Waals surface area contributed by atoms with Gasteiger partial charge in [-0.05, 0) is 44.7 Å². The molecule has 1 heterocycles. The topological polar surface area (TPSA) is 32.5 Å². The number of hydrogen-bond donors (Lipinski definition) is 1. The van der Waals surface area contributed by atoms with Crippen molar-refractivity contribution in [3.63, 3.8) is 0 Å². The third-order valence-corrected chi connectivity index (χ3v) is 4.76. The van der Waals surface area contributed by atoms with Gasteiger partial charge in [-0.25, -0.2) is 0 Å². The van der Waals surface area contributed by atoms with E-state index < -0.39 is 0 Å². The molecule has 1 aromatic rings. The summed E-state index contributed by atoms with van der Waals surface area (Å²) in [5.41, 5.74) is 7.13. The second-order valence-corrected chi connectivity index (χ2v) is 6.64. The van der Waals surface area contributed by atoms with Crippen LogP contribution in [-0.2, 0) is 0 Å². The van der Waals surface area contributed by atoms with E-state index >= 15 is 0 Å². The van der Waals surface area contributed by atoms with Crippen LogP contribution in [0.1, 0.15) is 25.5 Å². The summed E-state index contributed by atoms with van der Waals surface area (Å²) < 4.78 is 0. The van der Waals surface area contributed by atoms with E-state index in [1.807, 2.05) is 12.1 Å². The summed E-state index contributed by atoms with van der Waals surface area (Å²) >= 11 is 12.2. The molecule has 5 heteroatoms. The molecule has 112 valence electrons. The lowest BCUT2D eigenvalue weighted by Crippen LogP contribution is -2.56. The second kappa shape index (κ2) is 6.63. The quantitative estimate of drug-likeness (QED) is 0.930. The number of benzene rings is 1. The van der Waals surface area contributed by atoms with E-state index in [9.17, 15) is 0 Å². The maximum absolute atomic E-state index is 6.12. The number of halogens is 2. The first-order chi connectivity index (χ1) is 9.42. The summed E-state index contributed by atoms with van der Waals surface area (Å²) in [5.74, 6) is 0. The van der Waals surface area contributed by atoms with E-state index in [1.165, 1.54) is 0 Å². The van der Waals surface area contributed by atoms with E-state index in [0.717, 1.165) is 18.7 Å². The molecule has 1 aromatic carbocycles. The zero-order valence-corrected chi connectivity index (χ0v) is 13.8. The minimum atomic E-state index is 0.171. The van der Waals surface area contributed by atoms with Crippen LogP contribution in [0.25, 0.3) is 0 Å². The molecule has 1 aliphatic rings. The average Bonchev–Trinajstić information content (AvgIpc) is 2.35. The van der Waals surface area contributed by atoms with E-state index in [4.69, 9.17) is 28.9 Å². The molecule has 20 heavy (non-hydrogen) atoms. The van der Waals surface area contributed by atoms with Gasteiger partial charge >= 0.3 is 0 Å². The van der Waals surface area contributed by atoms with Gasteiger partial charge in [0.05, 0.1) is 0 Å². The van der Waals surface area contributed by atoms with Gasteiger partial charge in [-0.1, -0.05) is 23.2 Å². The lowest BCUT2D eigenvalue weighted by molar-refractivity contribution is 0.0352. The molecule has 0 saturated carbocycles. The Balaban J connectivity index is 2.23. The third kappa shape index (κ3) is 3.46. The summed E-state index contributed by atoms with van der Waals surface area (Å²) in [4.78, 5) is 4.85. The molecule has 1 fully saturated rings. The van der Waals surface area contributed by atoms with Crippen molar-refractivity contribution in [2.75, 3.05) is 26.7 Å². The molecule has 0 spiro atoms. The van der Waals surface area contributed by atoms with Gasteiger partial charge < -0.3 is 5.73 Å². The zero-order chi connectivity index (χ0) is 14.9. The van der Waals surface area contributed by atoms with Gasteiger partial charge in [0.1, 0.15) is 0 Å². The lowest BCUT2D eigenvalue weighted by Gasteiger charge is -2.45. The number of likely N-dealkylation sites (N-methyl/N-ethyl adjacent to an activating group) is 1. The Morgan fingerprint density at radius 2 is 1.65 bits per heavy atom. The van der Waals surface area contributed by atoms with Gasteiger partial charge in [0, 0.05) is 47.8 Å². The Labute approximate surface area is 131 Å². The van der Waals surface area contributed by atoms with Crippen LogP contribution in [0, 0.1) is 0 Å². The van der Waals surface area contributed by atoms with Crippen molar-refractivity contribution < 1.29 is 0 Å². The number of nitrogens with zero attached hydrogens (tertiary/aromatic N) is 2. The normalized spacial score (nSPS) is 26.7. The SMILES string of the molecule is CC1CN(C(CN)c2cc(Cl)cc(Cl)c2)CC(C)N1C. The predicted octanol–water partition coefficient (Wildman–Crippen LogP) is 3.02. The minimum absolute atomic E-state index is 0.171. The first kappa shape index (κ1) is 16.1.